The third-order valence-corrected chi connectivity index (χ3v) is 5.55. The molecule has 0 saturated carbocycles. The fraction of sp³-hybridized carbons (Fsp3) is 0.217. The Morgan fingerprint density at radius 2 is 2.07 bits per heavy atom. The van der Waals surface area contributed by atoms with Crippen LogP contribution in [-0.4, -0.2) is 28.3 Å². The Bertz CT molecular complexity index is 1220. The Morgan fingerprint density at radius 3 is 2.93 bits per heavy atom. The van der Waals surface area contributed by atoms with Crippen LogP contribution in [0.25, 0.3) is 32.9 Å². The van der Waals surface area contributed by atoms with E-state index in [0.717, 1.165) is 56.2 Å². The van der Waals surface area contributed by atoms with Crippen LogP contribution < -0.4 is 10.5 Å². The number of aliphatic hydroxyl groups is 1. The van der Waals surface area contributed by atoms with Crippen molar-refractivity contribution in [2.45, 2.75) is 19.8 Å². The van der Waals surface area contributed by atoms with Gasteiger partial charge in [-0.15, -0.1) is 0 Å². The molecule has 0 radical (unpaired) electrons. The third kappa shape index (κ3) is 2.51. The van der Waals surface area contributed by atoms with Crippen molar-refractivity contribution in [2.24, 2.45) is 0 Å². The third-order valence-electron chi connectivity index (χ3n) is 5.55. The van der Waals surface area contributed by atoms with Crippen LogP contribution in [0.1, 0.15) is 16.7 Å². The lowest BCUT2D eigenvalue weighted by Crippen LogP contribution is -2.09. The Kier molecular flexibility index (Phi) is 3.91. The van der Waals surface area contributed by atoms with Crippen molar-refractivity contribution in [3.63, 3.8) is 0 Å². The van der Waals surface area contributed by atoms with Gasteiger partial charge < -0.3 is 15.6 Å². The quantitative estimate of drug-likeness (QED) is 0.572. The molecule has 0 bridgehead atoms. The lowest BCUT2D eigenvalue weighted by atomic mass is 9.88. The second-order valence-electron chi connectivity index (χ2n) is 7.23. The van der Waals surface area contributed by atoms with E-state index in [9.17, 15) is 5.11 Å². The summed E-state index contributed by atoms with van der Waals surface area (Å²) in [5.74, 6) is 1.38. The fourth-order valence-corrected chi connectivity index (χ4v) is 4.31. The van der Waals surface area contributed by atoms with Gasteiger partial charge in [-0.2, -0.15) is 0 Å². The van der Waals surface area contributed by atoms with Gasteiger partial charge in [-0.1, -0.05) is 0 Å². The van der Waals surface area contributed by atoms with Gasteiger partial charge in [0.15, 0.2) is 0 Å². The van der Waals surface area contributed by atoms with Gasteiger partial charge in [0, 0.05) is 35.6 Å². The molecule has 5 nitrogen and oxygen atoms in total. The SMILES string of the molecule is Cc1cc2nc(N)ccc2c(-c2ccc3c4c(ccnc24)CCO3)c1CCO. The average molecular weight is 371 g/mol. The number of rotatable bonds is 3. The molecule has 1 aliphatic heterocycles. The predicted molar refractivity (Wildman–Crippen MR) is 112 cm³/mol. The van der Waals surface area contributed by atoms with E-state index in [2.05, 4.69) is 24.0 Å². The number of nitrogens with two attached hydrogens (primary N) is 1. The molecule has 0 unspecified atom stereocenters. The molecule has 1 aliphatic rings. The molecule has 0 amide bonds. The molecule has 2 aromatic carbocycles. The highest BCUT2D eigenvalue weighted by atomic mass is 16.5. The zero-order valence-corrected chi connectivity index (χ0v) is 15.7. The summed E-state index contributed by atoms with van der Waals surface area (Å²) in [5, 5.41) is 11.8. The van der Waals surface area contributed by atoms with Gasteiger partial charge in [0.2, 0.25) is 0 Å². The minimum Gasteiger partial charge on any atom is -0.493 e. The van der Waals surface area contributed by atoms with Crippen LogP contribution in [0, 0.1) is 6.92 Å². The summed E-state index contributed by atoms with van der Waals surface area (Å²) in [6.07, 6.45) is 3.32. The number of hydrogen-bond acceptors (Lipinski definition) is 5. The Labute approximate surface area is 162 Å². The summed E-state index contributed by atoms with van der Waals surface area (Å²) < 4.78 is 5.88. The molecule has 28 heavy (non-hydrogen) atoms. The number of aryl methyl sites for hydroxylation is 1. The van der Waals surface area contributed by atoms with Crippen LogP contribution in [0.5, 0.6) is 5.75 Å². The van der Waals surface area contributed by atoms with Gasteiger partial charge in [0.05, 0.1) is 17.6 Å². The molecular weight excluding hydrogens is 350 g/mol. The molecule has 3 N–H and O–H groups in total. The van der Waals surface area contributed by atoms with Crippen molar-refractivity contribution < 1.29 is 9.84 Å². The lowest BCUT2D eigenvalue weighted by molar-refractivity contribution is 0.299. The van der Waals surface area contributed by atoms with Gasteiger partial charge in [-0.05, 0) is 72.0 Å². The smallest absolute Gasteiger partial charge is 0.129 e. The number of aromatic nitrogens is 2. The molecular formula is C23H21N3O2. The van der Waals surface area contributed by atoms with Crippen molar-refractivity contribution in [2.75, 3.05) is 18.9 Å². The number of hydrogen-bond donors (Lipinski definition) is 2. The van der Waals surface area contributed by atoms with Gasteiger partial charge in [-0.3, -0.25) is 4.98 Å². The lowest BCUT2D eigenvalue weighted by Gasteiger charge is -2.21. The van der Waals surface area contributed by atoms with Crippen molar-refractivity contribution in [3.05, 3.63) is 59.3 Å². The largest absolute Gasteiger partial charge is 0.493 e. The van der Waals surface area contributed by atoms with Gasteiger partial charge in [0.25, 0.3) is 0 Å². The summed E-state index contributed by atoms with van der Waals surface area (Å²) in [6, 6.07) is 12.1. The van der Waals surface area contributed by atoms with Gasteiger partial charge in [0.1, 0.15) is 11.6 Å². The molecule has 140 valence electrons. The second kappa shape index (κ2) is 6.46. The van der Waals surface area contributed by atoms with Gasteiger partial charge in [-0.25, -0.2) is 4.98 Å². The van der Waals surface area contributed by atoms with Crippen molar-refractivity contribution in [1.29, 1.82) is 0 Å². The molecule has 4 aromatic rings. The number of pyridine rings is 2. The fourth-order valence-electron chi connectivity index (χ4n) is 4.31. The maximum absolute atomic E-state index is 9.71. The van der Waals surface area contributed by atoms with Gasteiger partial charge >= 0.3 is 0 Å². The van der Waals surface area contributed by atoms with Crippen molar-refractivity contribution in [3.8, 4) is 16.9 Å². The highest BCUT2D eigenvalue weighted by Crippen LogP contribution is 2.42. The average Bonchev–Trinajstić information content (AvgIpc) is 2.70. The van der Waals surface area contributed by atoms with Crippen molar-refractivity contribution >= 4 is 27.6 Å². The Balaban J connectivity index is 1.92. The zero-order chi connectivity index (χ0) is 19.3. The number of fused-ring (bicyclic) bond motifs is 1. The summed E-state index contributed by atoms with van der Waals surface area (Å²) in [6.45, 7) is 2.83. The molecule has 5 heteroatoms. The van der Waals surface area contributed by atoms with E-state index < -0.39 is 0 Å². The number of anilines is 1. The van der Waals surface area contributed by atoms with Crippen LogP contribution in [0.15, 0.2) is 42.6 Å². The van der Waals surface area contributed by atoms with E-state index in [1.54, 1.807) is 0 Å². The van der Waals surface area contributed by atoms with Crippen molar-refractivity contribution in [1.82, 2.24) is 9.97 Å². The topological polar surface area (TPSA) is 81.3 Å². The van der Waals surface area contributed by atoms with E-state index >= 15 is 0 Å². The molecule has 2 aromatic heterocycles. The summed E-state index contributed by atoms with van der Waals surface area (Å²) in [5.41, 5.74) is 13.3. The minimum atomic E-state index is 0.0829. The number of aliphatic hydroxyl groups excluding tert-OH is 1. The Hall–Kier alpha value is -3.18. The van der Waals surface area contributed by atoms with E-state index in [-0.39, 0.29) is 6.61 Å². The van der Waals surface area contributed by atoms with E-state index in [1.165, 1.54) is 5.56 Å². The summed E-state index contributed by atoms with van der Waals surface area (Å²) in [4.78, 5) is 9.27. The molecule has 3 heterocycles. The number of ether oxygens (including phenoxy) is 1. The molecule has 0 saturated heterocycles. The second-order valence-corrected chi connectivity index (χ2v) is 7.23. The maximum Gasteiger partial charge on any atom is 0.129 e. The Morgan fingerprint density at radius 1 is 1.18 bits per heavy atom. The first-order valence-electron chi connectivity index (χ1n) is 9.50. The van der Waals surface area contributed by atoms with E-state index in [0.29, 0.717) is 18.8 Å². The summed E-state index contributed by atoms with van der Waals surface area (Å²) in [7, 11) is 0. The number of benzene rings is 2. The number of nitrogen functional groups attached to an aromatic ring is 1. The molecule has 0 fully saturated rings. The first-order valence-corrected chi connectivity index (χ1v) is 9.50. The van der Waals surface area contributed by atoms with Crippen LogP contribution in [0.4, 0.5) is 5.82 Å². The monoisotopic (exact) mass is 371 g/mol. The number of nitrogens with zero attached hydrogens (tertiary/aromatic N) is 2. The maximum atomic E-state index is 9.71. The van der Waals surface area contributed by atoms with E-state index in [4.69, 9.17) is 15.5 Å². The minimum absolute atomic E-state index is 0.0829. The molecule has 0 aliphatic carbocycles. The first-order chi connectivity index (χ1) is 13.7. The van der Waals surface area contributed by atoms with Crippen LogP contribution >= 0.6 is 0 Å². The van der Waals surface area contributed by atoms with Crippen LogP contribution in [0.3, 0.4) is 0 Å². The molecule has 0 spiro atoms. The summed E-state index contributed by atoms with van der Waals surface area (Å²) >= 11 is 0. The first kappa shape index (κ1) is 17.0. The van der Waals surface area contributed by atoms with Crippen LogP contribution in [0.2, 0.25) is 0 Å². The zero-order valence-electron chi connectivity index (χ0n) is 15.7. The highest BCUT2D eigenvalue weighted by molar-refractivity contribution is 6.07. The van der Waals surface area contributed by atoms with Crippen LogP contribution in [-0.2, 0) is 12.8 Å². The molecule has 0 atom stereocenters. The standard InChI is InChI=1S/C23H21N3O2/c1-13-12-18-16(3-5-20(24)26-18)22(15(13)7-10-27)17-2-4-19-21-14(8-11-28-19)6-9-25-23(17)21/h2-6,9,12,27H,7-8,10-11H2,1H3,(H2,24,26). The molecule has 5 rings (SSSR count). The normalized spacial score (nSPS) is 13.1. The predicted octanol–water partition coefficient (Wildman–Crippen LogP) is 3.81. The highest BCUT2D eigenvalue weighted by Gasteiger charge is 2.21. The van der Waals surface area contributed by atoms with E-state index in [1.807, 2.05) is 30.5 Å².